The van der Waals surface area contributed by atoms with Gasteiger partial charge in [-0.3, -0.25) is 10.1 Å². The summed E-state index contributed by atoms with van der Waals surface area (Å²) < 4.78 is 7.78. The molecular weight excluding hydrogens is 406 g/mol. The Kier molecular flexibility index (Phi) is 7.29. The molecule has 7 nitrogen and oxygen atoms in total. The van der Waals surface area contributed by atoms with Crippen LogP contribution in [0, 0.1) is 10.1 Å². The molecule has 0 bridgehead atoms. The summed E-state index contributed by atoms with van der Waals surface area (Å²) in [5, 5.41) is 21.4. The fraction of sp³-hybridized carbons (Fsp3) is 0.409. The minimum Gasteiger partial charge on any atom is -0.491 e. The first-order valence-corrected chi connectivity index (χ1v) is 10.1. The minimum absolute atomic E-state index is 0. The molecule has 1 aromatic heterocycles. The van der Waals surface area contributed by atoms with E-state index in [1.165, 1.54) is 31.4 Å². The predicted molar refractivity (Wildman–Crippen MR) is 117 cm³/mol. The van der Waals surface area contributed by atoms with Gasteiger partial charge in [0.1, 0.15) is 24.3 Å². The molecule has 160 valence electrons. The highest BCUT2D eigenvalue weighted by molar-refractivity contribution is 5.85. The smallest absolute Gasteiger partial charge is 0.269 e. The third-order valence-corrected chi connectivity index (χ3v) is 5.54. The third-order valence-electron chi connectivity index (χ3n) is 5.54. The summed E-state index contributed by atoms with van der Waals surface area (Å²) in [4.78, 5) is 15.2. The lowest BCUT2D eigenvalue weighted by Crippen LogP contribution is -2.25. The van der Waals surface area contributed by atoms with Crippen molar-refractivity contribution in [2.45, 2.75) is 50.7 Å². The van der Waals surface area contributed by atoms with E-state index in [0.717, 1.165) is 29.7 Å². The van der Waals surface area contributed by atoms with Gasteiger partial charge in [-0.15, -0.1) is 12.4 Å². The van der Waals surface area contributed by atoms with Crippen molar-refractivity contribution in [3.05, 3.63) is 64.5 Å². The molecule has 0 radical (unpaired) electrons. The number of non-ortho nitro benzene ring substituents is 1. The molecule has 4 rings (SSSR count). The molecule has 1 atom stereocenters. The Hall–Kier alpha value is -2.64. The number of nitrogens with zero attached hydrogens (tertiary/aromatic N) is 3. The van der Waals surface area contributed by atoms with Crippen molar-refractivity contribution in [1.82, 2.24) is 9.55 Å². The predicted octanol–water partition coefficient (Wildman–Crippen LogP) is 4.85. The number of para-hydroxylation sites is 2. The molecule has 1 heterocycles. The summed E-state index contributed by atoms with van der Waals surface area (Å²) in [6.45, 7) is 0.508. The second-order valence-electron chi connectivity index (χ2n) is 7.62. The Morgan fingerprint density at radius 3 is 2.53 bits per heavy atom. The number of aromatic nitrogens is 2. The monoisotopic (exact) mass is 431 g/mol. The van der Waals surface area contributed by atoms with Crippen molar-refractivity contribution < 1.29 is 14.8 Å². The van der Waals surface area contributed by atoms with Crippen molar-refractivity contribution >= 4 is 29.1 Å². The Bertz CT molecular complexity index is 984. The van der Waals surface area contributed by atoms with Crippen LogP contribution in [0.15, 0.2) is 48.5 Å². The fourth-order valence-electron chi connectivity index (χ4n) is 4.08. The van der Waals surface area contributed by atoms with Gasteiger partial charge in [0, 0.05) is 18.1 Å². The molecule has 1 unspecified atom stereocenters. The molecule has 1 aliphatic carbocycles. The first-order chi connectivity index (χ1) is 14.1. The number of imidazole rings is 1. The van der Waals surface area contributed by atoms with Gasteiger partial charge < -0.3 is 14.4 Å². The number of aliphatic hydroxyl groups is 1. The van der Waals surface area contributed by atoms with Crippen molar-refractivity contribution in [2.24, 2.45) is 0 Å². The highest BCUT2D eigenvalue weighted by atomic mass is 35.5. The van der Waals surface area contributed by atoms with Gasteiger partial charge in [0.05, 0.1) is 22.5 Å². The number of nitro groups is 1. The van der Waals surface area contributed by atoms with E-state index in [1.807, 2.05) is 24.3 Å². The lowest BCUT2D eigenvalue weighted by Gasteiger charge is -2.23. The third kappa shape index (κ3) is 4.91. The number of nitro benzene ring substituents is 1. The normalized spacial score (nSPS) is 15.5. The van der Waals surface area contributed by atoms with Gasteiger partial charge in [0.25, 0.3) is 5.69 Å². The molecule has 1 N–H and O–H groups in total. The molecule has 0 spiro atoms. The average Bonchev–Trinajstić information content (AvgIpc) is 3.11. The van der Waals surface area contributed by atoms with E-state index in [0.29, 0.717) is 18.2 Å². The van der Waals surface area contributed by atoms with Gasteiger partial charge in [-0.05, 0) is 37.1 Å². The lowest BCUT2D eigenvalue weighted by molar-refractivity contribution is -0.384. The Labute approximate surface area is 181 Å². The van der Waals surface area contributed by atoms with Crippen molar-refractivity contribution in [3.63, 3.8) is 0 Å². The van der Waals surface area contributed by atoms with Crippen LogP contribution in [0.3, 0.4) is 0 Å². The molecule has 0 saturated heterocycles. The number of hydrogen-bond acceptors (Lipinski definition) is 5. The summed E-state index contributed by atoms with van der Waals surface area (Å²) in [5.74, 6) is 1.98. The van der Waals surface area contributed by atoms with Crippen LogP contribution in [0.1, 0.15) is 43.8 Å². The summed E-state index contributed by atoms with van der Waals surface area (Å²) >= 11 is 0. The molecule has 30 heavy (non-hydrogen) atoms. The SMILES string of the molecule is Cl.O=[N+]([O-])c1ccc(OCC(O)Cn2c(C3CCCCC3)nc3ccccc32)cc1. The van der Waals surface area contributed by atoms with Crippen LogP contribution in [-0.4, -0.2) is 32.3 Å². The van der Waals surface area contributed by atoms with E-state index in [2.05, 4.69) is 4.57 Å². The van der Waals surface area contributed by atoms with Gasteiger partial charge in [0.15, 0.2) is 0 Å². The molecular formula is C22H26ClN3O4. The first-order valence-electron chi connectivity index (χ1n) is 10.1. The Balaban J connectivity index is 0.00000256. The van der Waals surface area contributed by atoms with Crippen LogP contribution < -0.4 is 4.74 Å². The van der Waals surface area contributed by atoms with Crippen LogP contribution in [0.4, 0.5) is 5.69 Å². The molecule has 3 aromatic rings. The van der Waals surface area contributed by atoms with E-state index in [1.54, 1.807) is 12.1 Å². The number of hydrogen-bond donors (Lipinski definition) is 1. The molecule has 1 saturated carbocycles. The summed E-state index contributed by atoms with van der Waals surface area (Å²) in [7, 11) is 0. The topological polar surface area (TPSA) is 90.4 Å². The maximum Gasteiger partial charge on any atom is 0.269 e. The quantitative estimate of drug-likeness (QED) is 0.426. The fourth-order valence-corrected chi connectivity index (χ4v) is 4.08. The van der Waals surface area contributed by atoms with Gasteiger partial charge in [0.2, 0.25) is 0 Å². The number of halogens is 1. The summed E-state index contributed by atoms with van der Waals surface area (Å²) in [6, 6.07) is 13.9. The van der Waals surface area contributed by atoms with Crippen LogP contribution in [0.2, 0.25) is 0 Å². The Morgan fingerprint density at radius 1 is 1.13 bits per heavy atom. The lowest BCUT2D eigenvalue weighted by atomic mass is 9.88. The zero-order chi connectivity index (χ0) is 20.2. The number of fused-ring (bicyclic) bond motifs is 1. The van der Waals surface area contributed by atoms with Crippen LogP contribution in [-0.2, 0) is 6.54 Å². The van der Waals surface area contributed by atoms with Crippen molar-refractivity contribution in [3.8, 4) is 5.75 Å². The average molecular weight is 432 g/mol. The standard InChI is InChI=1S/C22H25N3O4.ClH/c26-18(15-29-19-12-10-17(11-13-19)25(27)28)14-24-21-9-5-4-8-20(21)23-22(24)16-6-2-1-3-7-16;/h4-5,8-13,16,18,26H,1-3,6-7,14-15H2;1H. The number of benzene rings is 2. The summed E-state index contributed by atoms with van der Waals surface area (Å²) in [6.07, 6.45) is 5.28. The second kappa shape index (κ2) is 9.91. The molecule has 1 fully saturated rings. The number of aliphatic hydroxyl groups excluding tert-OH is 1. The zero-order valence-electron chi connectivity index (χ0n) is 16.6. The first kappa shape index (κ1) is 22.1. The molecule has 0 amide bonds. The number of rotatable bonds is 7. The van der Waals surface area contributed by atoms with E-state index in [4.69, 9.17) is 9.72 Å². The number of ether oxygens (including phenoxy) is 1. The maximum atomic E-state index is 10.7. The molecule has 1 aliphatic rings. The summed E-state index contributed by atoms with van der Waals surface area (Å²) in [5.41, 5.74) is 2.00. The molecule has 2 aromatic carbocycles. The molecule has 8 heteroatoms. The van der Waals surface area contributed by atoms with Crippen molar-refractivity contribution in [2.75, 3.05) is 6.61 Å². The van der Waals surface area contributed by atoms with Crippen molar-refractivity contribution in [1.29, 1.82) is 0 Å². The van der Waals surface area contributed by atoms with Gasteiger partial charge in [-0.25, -0.2) is 4.98 Å². The van der Waals surface area contributed by atoms with E-state index in [-0.39, 0.29) is 24.7 Å². The van der Waals surface area contributed by atoms with Gasteiger partial charge in [-0.2, -0.15) is 0 Å². The highest BCUT2D eigenvalue weighted by Gasteiger charge is 2.23. The van der Waals surface area contributed by atoms with Gasteiger partial charge in [-0.1, -0.05) is 31.4 Å². The van der Waals surface area contributed by atoms with E-state index >= 15 is 0 Å². The van der Waals surface area contributed by atoms with Crippen LogP contribution in [0.5, 0.6) is 5.75 Å². The second-order valence-corrected chi connectivity index (χ2v) is 7.62. The van der Waals surface area contributed by atoms with Crippen LogP contribution >= 0.6 is 12.4 Å². The zero-order valence-corrected chi connectivity index (χ0v) is 17.5. The molecule has 0 aliphatic heterocycles. The Morgan fingerprint density at radius 2 is 1.83 bits per heavy atom. The van der Waals surface area contributed by atoms with E-state index < -0.39 is 11.0 Å². The van der Waals surface area contributed by atoms with Crippen LogP contribution in [0.25, 0.3) is 11.0 Å². The minimum atomic E-state index is -0.717. The highest BCUT2D eigenvalue weighted by Crippen LogP contribution is 2.34. The maximum absolute atomic E-state index is 10.7. The largest absolute Gasteiger partial charge is 0.491 e. The van der Waals surface area contributed by atoms with Gasteiger partial charge >= 0.3 is 0 Å². The van der Waals surface area contributed by atoms with E-state index in [9.17, 15) is 15.2 Å².